The molecule has 2 aliphatic heterocycles. The lowest BCUT2D eigenvalue weighted by atomic mass is 9.94. The van der Waals surface area contributed by atoms with Crippen LogP contribution in [0.4, 0.5) is 0 Å². The van der Waals surface area contributed by atoms with Gasteiger partial charge in [-0.15, -0.1) is 11.3 Å². The molecule has 1 saturated heterocycles. The third-order valence-corrected chi connectivity index (χ3v) is 6.81. The predicted octanol–water partition coefficient (Wildman–Crippen LogP) is 0.783. The second kappa shape index (κ2) is 8.64. The van der Waals surface area contributed by atoms with Crippen molar-refractivity contribution >= 4 is 23.2 Å². The van der Waals surface area contributed by atoms with Gasteiger partial charge in [0, 0.05) is 49.5 Å². The van der Waals surface area contributed by atoms with Crippen LogP contribution in [0.2, 0.25) is 0 Å². The first kappa shape index (κ1) is 20.1. The van der Waals surface area contributed by atoms with Crippen LogP contribution in [-0.2, 0) is 19.5 Å². The molecule has 1 atom stereocenters. The van der Waals surface area contributed by atoms with Gasteiger partial charge in [-0.25, -0.2) is 0 Å². The van der Waals surface area contributed by atoms with Crippen LogP contribution in [-0.4, -0.2) is 71.2 Å². The second-order valence-corrected chi connectivity index (χ2v) is 8.98. The number of nitrogens with two attached hydrogens (primary N) is 1. The van der Waals surface area contributed by atoms with Crippen LogP contribution in [0.5, 0.6) is 0 Å². The van der Waals surface area contributed by atoms with E-state index < -0.39 is 0 Å². The number of fused-ring (bicyclic) bond motifs is 1. The van der Waals surface area contributed by atoms with E-state index >= 15 is 0 Å². The predicted molar refractivity (Wildman–Crippen MR) is 112 cm³/mol. The quantitative estimate of drug-likeness (QED) is 0.726. The smallest absolute Gasteiger partial charge is 0.257 e. The van der Waals surface area contributed by atoms with E-state index in [1.807, 2.05) is 15.6 Å². The van der Waals surface area contributed by atoms with Crippen LogP contribution in [0.25, 0.3) is 0 Å². The lowest BCUT2D eigenvalue weighted by molar-refractivity contribution is 0.0662. The number of hydrogen-bond donors (Lipinski definition) is 2. The third kappa shape index (κ3) is 4.52. The van der Waals surface area contributed by atoms with Gasteiger partial charge in [-0.2, -0.15) is 5.10 Å². The Labute approximate surface area is 174 Å². The molecule has 4 rings (SSSR count). The van der Waals surface area contributed by atoms with Crippen molar-refractivity contribution in [2.45, 2.75) is 25.9 Å². The Morgan fingerprint density at radius 3 is 2.79 bits per heavy atom. The molecule has 1 fully saturated rings. The van der Waals surface area contributed by atoms with E-state index in [2.05, 4.69) is 22.4 Å². The maximum Gasteiger partial charge on any atom is 0.257 e. The van der Waals surface area contributed by atoms with E-state index in [4.69, 9.17) is 5.73 Å². The van der Waals surface area contributed by atoms with Crippen LogP contribution in [0, 0.1) is 5.92 Å². The normalized spacial score (nSPS) is 19.9. The van der Waals surface area contributed by atoms with Gasteiger partial charge in [0.05, 0.1) is 23.0 Å². The third-order valence-electron chi connectivity index (χ3n) is 5.87. The van der Waals surface area contributed by atoms with Crippen molar-refractivity contribution in [3.05, 3.63) is 39.3 Å². The first-order valence-electron chi connectivity index (χ1n) is 10.1. The van der Waals surface area contributed by atoms with E-state index in [9.17, 15) is 9.59 Å². The lowest BCUT2D eigenvalue weighted by Gasteiger charge is -2.32. The molecule has 156 valence electrons. The Kier molecular flexibility index (Phi) is 5.98. The standard InChI is InChI=1S/C20H28N6O2S/c1-24-4-6-25(7-5-24)20(28)17-12-23-26-3-2-14(8-18(17)26)10-22-11-16-9-15(13-29-16)19(21)27/h9,12-14,22H,2-8,10-11H2,1H3,(H2,21,27)/t14-/m1/s1. The number of piperazine rings is 1. The molecule has 0 aliphatic carbocycles. The fourth-order valence-electron chi connectivity index (χ4n) is 4.03. The summed E-state index contributed by atoms with van der Waals surface area (Å²) in [5.74, 6) is 0.199. The Balaban J connectivity index is 1.33. The number of aromatic nitrogens is 2. The Hall–Kier alpha value is -2.23. The molecule has 0 unspecified atom stereocenters. The minimum atomic E-state index is -0.384. The number of primary amides is 1. The van der Waals surface area contributed by atoms with Gasteiger partial charge in [-0.1, -0.05) is 0 Å². The summed E-state index contributed by atoms with van der Waals surface area (Å²) in [6, 6.07) is 1.85. The van der Waals surface area contributed by atoms with Crippen molar-refractivity contribution < 1.29 is 9.59 Å². The summed E-state index contributed by atoms with van der Waals surface area (Å²) in [5, 5.41) is 9.76. The zero-order valence-corrected chi connectivity index (χ0v) is 17.6. The van der Waals surface area contributed by atoms with E-state index in [-0.39, 0.29) is 11.8 Å². The highest BCUT2D eigenvalue weighted by Crippen LogP contribution is 2.24. The van der Waals surface area contributed by atoms with E-state index in [0.717, 1.165) is 74.8 Å². The number of nitrogens with zero attached hydrogens (tertiary/aromatic N) is 4. The molecule has 4 heterocycles. The van der Waals surface area contributed by atoms with Crippen LogP contribution in [0.15, 0.2) is 17.6 Å². The molecular formula is C20H28N6O2S. The average molecular weight is 417 g/mol. The second-order valence-electron chi connectivity index (χ2n) is 7.98. The number of likely N-dealkylation sites (N-methyl/N-ethyl adjacent to an activating group) is 1. The van der Waals surface area contributed by atoms with Crippen molar-refractivity contribution in [2.75, 3.05) is 39.8 Å². The maximum absolute atomic E-state index is 13.0. The van der Waals surface area contributed by atoms with E-state index in [0.29, 0.717) is 11.5 Å². The van der Waals surface area contributed by atoms with Crippen molar-refractivity contribution in [3.8, 4) is 0 Å². The molecule has 2 aliphatic rings. The van der Waals surface area contributed by atoms with Gasteiger partial charge >= 0.3 is 0 Å². The van der Waals surface area contributed by atoms with E-state index in [1.165, 1.54) is 0 Å². The largest absolute Gasteiger partial charge is 0.366 e. The molecule has 0 saturated carbocycles. The number of carbonyl (C=O) groups is 2. The molecule has 8 nitrogen and oxygen atoms in total. The van der Waals surface area contributed by atoms with Crippen molar-refractivity contribution in [2.24, 2.45) is 11.7 Å². The van der Waals surface area contributed by atoms with Gasteiger partial charge < -0.3 is 20.9 Å². The van der Waals surface area contributed by atoms with Crippen molar-refractivity contribution in [1.29, 1.82) is 0 Å². The fourth-order valence-corrected chi connectivity index (χ4v) is 4.88. The summed E-state index contributed by atoms with van der Waals surface area (Å²) >= 11 is 1.55. The minimum Gasteiger partial charge on any atom is -0.366 e. The maximum atomic E-state index is 13.0. The molecular weight excluding hydrogens is 388 g/mol. The molecule has 2 aromatic heterocycles. The first-order chi connectivity index (χ1) is 14.0. The summed E-state index contributed by atoms with van der Waals surface area (Å²) in [6.07, 6.45) is 3.66. The molecule has 0 bridgehead atoms. The number of aryl methyl sites for hydroxylation is 1. The summed E-state index contributed by atoms with van der Waals surface area (Å²) < 4.78 is 2.00. The number of hydrogen-bond acceptors (Lipinski definition) is 6. The lowest BCUT2D eigenvalue weighted by Crippen LogP contribution is -2.47. The molecule has 29 heavy (non-hydrogen) atoms. The van der Waals surface area contributed by atoms with Crippen LogP contribution < -0.4 is 11.1 Å². The zero-order chi connectivity index (χ0) is 20.4. The number of rotatable bonds is 6. The molecule has 0 spiro atoms. The summed E-state index contributed by atoms with van der Waals surface area (Å²) in [4.78, 5) is 29.5. The zero-order valence-electron chi connectivity index (χ0n) is 16.8. The topological polar surface area (TPSA) is 96.5 Å². The van der Waals surface area contributed by atoms with Gasteiger partial charge in [-0.3, -0.25) is 14.3 Å². The highest BCUT2D eigenvalue weighted by atomic mass is 32.1. The minimum absolute atomic E-state index is 0.116. The van der Waals surface area contributed by atoms with E-state index in [1.54, 1.807) is 22.9 Å². The Morgan fingerprint density at radius 2 is 2.07 bits per heavy atom. The van der Waals surface area contributed by atoms with Crippen LogP contribution in [0.3, 0.4) is 0 Å². The van der Waals surface area contributed by atoms with Crippen molar-refractivity contribution in [3.63, 3.8) is 0 Å². The first-order valence-corrected chi connectivity index (χ1v) is 11.0. The number of nitrogens with one attached hydrogen (secondary N) is 1. The van der Waals surface area contributed by atoms with Gasteiger partial charge in [0.1, 0.15) is 0 Å². The van der Waals surface area contributed by atoms with Gasteiger partial charge in [0.25, 0.3) is 5.91 Å². The van der Waals surface area contributed by atoms with Crippen LogP contribution in [0.1, 0.15) is 37.7 Å². The SMILES string of the molecule is CN1CCN(C(=O)c2cnn3c2C[C@H](CNCc2cc(C(N)=O)cs2)CC3)CC1. The summed E-state index contributed by atoms with van der Waals surface area (Å²) in [7, 11) is 2.09. The molecule has 2 amide bonds. The highest BCUT2D eigenvalue weighted by Gasteiger charge is 2.28. The monoisotopic (exact) mass is 416 g/mol. The molecule has 0 aromatic carbocycles. The molecule has 9 heteroatoms. The van der Waals surface area contributed by atoms with Crippen molar-refractivity contribution in [1.82, 2.24) is 24.9 Å². The summed E-state index contributed by atoms with van der Waals surface area (Å²) in [5.41, 5.74) is 7.72. The number of amides is 2. The fraction of sp³-hybridized carbons (Fsp3) is 0.550. The van der Waals surface area contributed by atoms with Gasteiger partial charge in [0.15, 0.2) is 0 Å². The Morgan fingerprint density at radius 1 is 1.28 bits per heavy atom. The number of thiophene rings is 1. The van der Waals surface area contributed by atoms with Crippen LogP contribution >= 0.6 is 11.3 Å². The average Bonchev–Trinajstić information content (AvgIpc) is 3.35. The number of carbonyl (C=O) groups excluding carboxylic acids is 2. The highest BCUT2D eigenvalue weighted by molar-refractivity contribution is 7.10. The molecule has 2 aromatic rings. The Bertz CT molecular complexity index is 883. The summed E-state index contributed by atoms with van der Waals surface area (Å²) in [6.45, 7) is 5.84. The molecule has 0 radical (unpaired) electrons. The molecule has 3 N–H and O–H groups in total. The van der Waals surface area contributed by atoms with Gasteiger partial charge in [-0.05, 0) is 38.4 Å². The van der Waals surface area contributed by atoms with Gasteiger partial charge in [0.2, 0.25) is 5.91 Å².